The highest BCUT2D eigenvalue weighted by Crippen LogP contribution is 2.18. The molecule has 9 heteroatoms. The zero-order valence-electron chi connectivity index (χ0n) is 11.6. The van der Waals surface area contributed by atoms with E-state index < -0.39 is 6.61 Å². The topological polar surface area (TPSA) is 77.8 Å². The summed E-state index contributed by atoms with van der Waals surface area (Å²) in [5, 5.41) is 8.04. The average Bonchev–Trinajstić information content (AvgIpc) is 2.88. The van der Waals surface area contributed by atoms with E-state index in [4.69, 9.17) is 0 Å². The van der Waals surface area contributed by atoms with Crippen molar-refractivity contribution in [2.45, 2.75) is 13.2 Å². The van der Waals surface area contributed by atoms with E-state index in [1.54, 1.807) is 24.0 Å². The third kappa shape index (κ3) is 2.92. The summed E-state index contributed by atoms with van der Waals surface area (Å²) in [6.45, 7) is -2.47. The van der Waals surface area contributed by atoms with E-state index >= 15 is 0 Å². The molecule has 3 heterocycles. The lowest BCUT2D eigenvalue weighted by atomic mass is 10.3. The summed E-state index contributed by atoms with van der Waals surface area (Å²) in [5.74, 6) is 0.656. The number of halogens is 2. The molecule has 0 radical (unpaired) electrons. The first kappa shape index (κ1) is 14.1. The Balaban J connectivity index is 1.71. The van der Waals surface area contributed by atoms with Crippen molar-refractivity contribution in [3.63, 3.8) is 0 Å². The van der Waals surface area contributed by atoms with Gasteiger partial charge in [0, 0.05) is 7.05 Å². The molecule has 0 aromatic carbocycles. The number of anilines is 1. The van der Waals surface area contributed by atoms with Crippen LogP contribution in [-0.4, -0.2) is 31.3 Å². The Morgan fingerprint density at radius 3 is 2.82 bits per heavy atom. The van der Waals surface area contributed by atoms with Gasteiger partial charge < -0.3 is 10.1 Å². The van der Waals surface area contributed by atoms with Crippen molar-refractivity contribution in [3.8, 4) is 5.75 Å². The average molecular weight is 306 g/mol. The van der Waals surface area contributed by atoms with E-state index in [1.807, 2.05) is 0 Å². The van der Waals surface area contributed by atoms with Crippen LogP contribution in [0.5, 0.6) is 5.75 Å². The van der Waals surface area contributed by atoms with E-state index in [1.165, 1.54) is 18.6 Å². The van der Waals surface area contributed by atoms with Gasteiger partial charge in [-0.1, -0.05) is 0 Å². The quantitative estimate of drug-likeness (QED) is 0.776. The van der Waals surface area contributed by atoms with Crippen LogP contribution in [0.3, 0.4) is 0 Å². The number of rotatable bonds is 5. The first-order valence-corrected chi connectivity index (χ1v) is 6.40. The largest absolute Gasteiger partial charge is 0.433 e. The highest BCUT2D eigenvalue weighted by atomic mass is 19.3. The summed E-state index contributed by atoms with van der Waals surface area (Å²) in [4.78, 5) is 12.4. The Kier molecular flexibility index (Phi) is 3.77. The van der Waals surface area contributed by atoms with Crippen molar-refractivity contribution in [2.75, 3.05) is 5.32 Å². The van der Waals surface area contributed by atoms with Gasteiger partial charge in [-0.25, -0.2) is 9.97 Å². The van der Waals surface area contributed by atoms with Crippen molar-refractivity contribution in [3.05, 3.63) is 36.5 Å². The summed E-state index contributed by atoms with van der Waals surface area (Å²) < 4.78 is 30.0. The van der Waals surface area contributed by atoms with E-state index in [9.17, 15) is 8.78 Å². The molecule has 0 saturated heterocycles. The Morgan fingerprint density at radius 2 is 2.09 bits per heavy atom. The Labute approximate surface area is 124 Å². The van der Waals surface area contributed by atoms with Crippen LogP contribution in [0, 0.1) is 0 Å². The number of pyridine rings is 1. The van der Waals surface area contributed by atoms with Crippen LogP contribution in [0.25, 0.3) is 11.0 Å². The van der Waals surface area contributed by atoms with Gasteiger partial charge in [0.25, 0.3) is 0 Å². The number of aromatic nitrogens is 5. The molecule has 0 spiro atoms. The second kappa shape index (κ2) is 5.88. The zero-order valence-corrected chi connectivity index (χ0v) is 11.6. The number of ether oxygens (including phenoxy) is 1. The van der Waals surface area contributed by atoms with Crippen molar-refractivity contribution in [1.82, 2.24) is 24.7 Å². The fraction of sp³-hybridized carbons (Fsp3) is 0.231. The van der Waals surface area contributed by atoms with E-state index in [-0.39, 0.29) is 5.75 Å². The number of nitrogens with one attached hydrogen (secondary N) is 1. The number of nitrogens with zero attached hydrogens (tertiary/aromatic N) is 5. The zero-order chi connectivity index (χ0) is 15.5. The molecule has 0 aliphatic rings. The second-order valence-corrected chi connectivity index (χ2v) is 4.45. The molecule has 114 valence electrons. The van der Waals surface area contributed by atoms with Gasteiger partial charge in [-0.2, -0.15) is 13.9 Å². The van der Waals surface area contributed by atoms with Crippen LogP contribution in [0.2, 0.25) is 0 Å². The summed E-state index contributed by atoms with van der Waals surface area (Å²) >= 11 is 0. The maximum absolute atomic E-state index is 12.1. The number of hydrogen-bond acceptors (Lipinski definition) is 6. The van der Waals surface area contributed by atoms with Crippen LogP contribution < -0.4 is 10.1 Å². The smallest absolute Gasteiger partial charge is 0.387 e. The molecule has 0 saturated carbocycles. The third-order valence-corrected chi connectivity index (χ3v) is 2.99. The van der Waals surface area contributed by atoms with Gasteiger partial charge in [0.15, 0.2) is 5.65 Å². The molecule has 0 unspecified atom stereocenters. The molecular weight excluding hydrogens is 294 g/mol. The van der Waals surface area contributed by atoms with Gasteiger partial charge >= 0.3 is 6.61 Å². The first-order valence-electron chi connectivity index (χ1n) is 6.40. The molecule has 0 atom stereocenters. The van der Waals surface area contributed by atoms with Gasteiger partial charge in [-0.3, -0.25) is 9.67 Å². The third-order valence-electron chi connectivity index (χ3n) is 2.99. The number of aryl methyl sites for hydroxylation is 1. The summed E-state index contributed by atoms with van der Waals surface area (Å²) in [5.41, 5.74) is 1.38. The van der Waals surface area contributed by atoms with E-state index in [2.05, 4.69) is 30.1 Å². The molecule has 7 nitrogen and oxygen atoms in total. The lowest BCUT2D eigenvalue weighted by Crippen LogP contribution is -2.05. The highest BCUT2D eigenvalue weighted by Gasteiger charge is 2.08. The Hall–Kier alpha value is -2.84. The minimum absolute atomic E-state index is 0.0236. The van der Waals surface area contributed by atoms with E-state index in [0.29, 0.717) is 23.7 Å². The van der Waals surface area contributed by atoms with Crippen LogP contribution in [-0.2, 0) is 13.6 Å². The second-order valence-electron chi connectivity index (χ2n) is 4.45. The standard InChI is InChI=1S/C13H12F2N6O/c1-21-12-10(6-20-21)11(18-7-19-12)17-4-8-2-3-9(5-16-8)22-13(14)15/h2-3,5-7,13H,4H2,1H3,(H,17,18,19). The summed E-state index contributed by atoms with van der Waals surface area (Å²) in [7, 11) is 1.79. The molecule has 0 aliphatic carbocycles. The number of fused-ring (bicyclic) bond motifs is 1. The molecule has 22 heavy (non-hydrogen) atoms. The van der Waals surface area contributed by atoms with Crippen molar-refractivity contribution < 1.29 is 13.5 Å². The van der Waals surface area contributed by atoms with Crippen LogP contribution in [0.4, 0.5) is 14.6 Å². The Bertz CT molecular complexity index is 774. The number of hydrogen-bond donors (Lipinski definition) is 1. The van der Waals surface area contributed by atoms with Crippen LogP contribution in [0.15, 0.2) is 30.9 Å². The maximum atomic E-state index is 12.1. The van der Waals surface area contributed by atoms with Crippen LogP contribution >= 0.6 is 0 Å². The Morgan fingerprint density at radius 1 is 1.23 bits per heavy atom. The number of alkyl halides is 2. The SMILES string of the molecule is Cn1ncc2c(NCc3ccc(OC(F)F)cn3)ncnc21. The molecular formula is C13H12F2N6O. The van der Waals surface area contributed by atoms with Crippen molar-refractivity contribution in [1.29, 1.82) is 0 Å². The van der Waals surface area contributed by atoms with Crippen LogP contribution in [0.1, 0.15) is 5.69 Å². The lowest BCUT2D eigenvalue weighted by molar-refractivity contribution is -0.0500. The van der Waals surface area contributed by atoms with Gasteiger partial charge in [0.2, 0.25) is 0 Å². The normalized spacial score (nSPS) is 11.1. The predicted molar refractivity (Wildman–Crippen MR) is 74.5 cm³/mol. The van der Waals surface area contributed by atoms with Gasteiger partial charge in [-0.05, 0) is 12.1 Å². The molecule has 0 bridgehead atoms. The van der Waals surface area contributed by atoms with Gasteiger partial charge in [0.1, 0.15) is 17.9 Å². The molecule has 1 N–H and O–H groups in total. The lowest BCUT2D eigenvalue weighted by Gasteiger charge is -2.07. The fourth-order valence-corrected chi connectivity index (χ4v) is 1.97. The fourth-order valence-electron chi connectivity index (χ4n) is 1.97. The minimum Gasteiger partial charge on any atom is -0.433 e. The monoisotopic (exact) mass is 306 g/mol. The van der Waals surface area contributed by atoms with E-state index in [0.717, 1.165) is 5.39 Å². The summed E-state index contributed by atoms with van der Waals surface area (Å²) in [6, 6.07) is 3.04. The molecule has 3 aromatic rings. The molecule has 3 aromatic heterocycles. The van der Waals surface area contributed by atoms with Crippen molar-refractivity contribution >= 4 is 16.9 Å². The van der Waals surface area contributed by atoms with Gasteiger partial charge in [0.05, 0.1) is 30.0 Å². The molecule has 0 aliphatic heterocycles. The predicted octanol–water partition coefficient (Wildman–Crippen LogP) is 1.97. The summed E-state index contributed by atoms with van der Waals surface area (Å²) in [6.07, 6.45) is 4.37. The first-order chi connectivity index (χ1) is 10.6. The van der Waals surface area contributed by atoms with Crippen molar-refractivity contribution in [2.24, 2.45) is 7.05 Å². The maximum Gasteiger partial charge on any atom is 0.387 e. The molecule has 3 rings (SSSR count). The minimum atomic E-state index is -2.86. The highest BCUT2D eigenvalue weighted by molar-refractivity contribution is 5.85. The van der Waals surface area contributed by atoms with Gasteiger partial charge in [-0.15, -0.1) is 0 Å². The molecule has 0 amide bonds. The molecule has 0 fully saturated rings.